The number of benzene rings is 1. The van der Waals surface area contributed by atoms with Crippen molar-refractivity contribution < 1.29 is 9.90 Å². The number of carbonyl (C=O) groups is 1. The van der Waals surface area contributed by atoms with E-state index in [0.29, 0.717) is 11.1 Å². The minimum atomic E-state index is -1.54. The summed E-state index contributed by atoms with van der Waals surface area (Å²) in [5, 5.41) is 16.3. The van der Waals surface area contributed by atoms with Gasteiger partial charge in [-0.25, -0.2) is 4.79 Å². The lowest BCUT2D eigenvalue weighted by Crippen LogP contribution is -2.43. The Morgan fingerprint density at radius 1 is 1.47 bits per heavy atom. The van der Waals surface area contributed by atoms with Crippen LogP contribution in [0.1, 0.15) is 18.1 Å². The highest BCUT2D eigenvalue weighted by molar-refractivity contribution is 5.98. The number of rotatable bonds is 3. The van der Waals surface area contributed by atoms with Crippen molar-refractivity contribution in [2.45, 2.75) is 12.5 Å². The summed E-state index contributed by atoms with van der Waals surface area (Å²) in [6, 6.07) is 6.48. The molecule has 5 heteroatoms. The zero-order valence-electron chi connectivity index (χ0n) is 8.32. The van der Waals surface area contributed by atoms with Crippen molar-refractivity contribution >= 4 is 11.8 Å². The van der Waals surface area contributed by atoms with Crippen LogP contribution in [0.4, 0.5) is 0 Å². The number of nitrogen functional groups attached to an aromatic ring is 1. The van der Waals surface area contributed by atoms with Crippen LogP contribution in [0, 0.1) is 5.41 Å². The Morgan fingerprint density at radius 3 is 2.47 bits per heavy atom. The number of hydrogen-bond donors (Lipinski definition) is 4. The molecule has 1 aromatic rings. The molecule has 0 saturated carbocycles. The maximum Gasteiger partial charge on any atom is 0.328 e. The van der Waals surface area contributed by atoms with Gasteiger partial charge in [-0.15, -0.1) is 0 Å². The van der Waals surface area contributed by atoms with Crippen LogP contribution in [-0.2, 0) is 10.3 Å². The van der Waals surface area contributed by atoms with Gasteiger partial charge in [0, 0.05) is 5.56 Å². The highest BCUT2D eigenvalue weighted by Crippen LogP contribution is 2.21. The molecule has 0 spiro atoms. The second-order valence-electron chi connectivity index (χ2n) is 3.47. The van der Waals surface area contributed by atoms with Crippen LogP contribution < -0.4 is 11.5 Å². The molecule has 0 heterocycles. The van der Waals surface area contributed by atoms with Crippen molar-refractivity contribution in [3.05, 3.63) is 35.4 Å². The van der Waals surface area contributed by atoms with Crippen molar-refractivity contribution in [3.63, 3.8) is 0 Å². The van der Waals surface area contributed by atoms with Crippen LogP contribution in [0.5, 0.6) is 0 Å². The fourth-order valence-electron chi connectivity index (χ4n) is 1.29. The summed E-state index contributed by atoms with van der Waals surface area (Å²) >= 11 is 0. The first-order chi connectivity index (χ1) is 6.87. The molecule has 0 aliphatic carbocycles. The van der Waals surface area contributed by atoms with Gasteiger partial charge in [0.1, 0.15) is 11.4 Å². The third-order valence-electron chi connectivity index (χ3n) is 2.22. The first-order valence-electron chi connectivity index (χ1n) is 4.33. The minimum Gasteiger partial charge on any atom is -0.480 e. The SMILES string of the molecule is CC(N)(C(=O)O)c1ccccc1C(=N)N. The van der Waals surface area contributed by atoms with E-state index >= 15 is 0 Å². The van der Waals surface area contributed by atoms with Crippen molar-refractivity contribution in [3.8, 4) is 0 Å². The zero-order valence-corrected chi connectivity index (χ0v) is 8.32. The number of hydrogen-bond acceptors (Lipinski definition) is 3. The van der Waals surface area contributed by atoms with Gasteiger partial charge in [-0.1, -0.05) is 24.3 Å². The van der Waals surface area contributed by atoms with Gasteiger partial charge in [0.25, 0.3) is 0 Å². The van der Waals surface area contributed by atoms with Gasteiger partial charge in [-0.2, -0.15) is 0 Å². The molecule has 0 radical (unpaired) electrons. The lowest BCUT2D eigenvalue weighted by molar-refractivity contribution is -0.143. The lowest BCUT2D eigenvalue weighted by Gasteiger charge is -2.22. The molecule has 0 bridgehead atoms. The fourth-order valence-corrected chi connectivity index (χ4v) is 1.29. The Balaban J connectivity index is 3.37. The molecule has 1 atom stereocenters. The molecule has 6 N–H and O–H groups in total. The van der Waals surface area contributed by atoms with E-state index in [1.54, 1.807) is 24.3 Å². The van der Waals surface area contributed by atoms with Gasteiger partial charge in [0.15, 0.2) is 0 Å². The summed E-state index contributed by atoms with van der Waals surface area (Å²) in [6.45, 7) is 1.37. The highest BCUT2D eigenvalue weighted by Gasteiger charge is 2.32. The Bertz CT molecular complexity index is 413. The monoisotopic (exact) mass is 207 g/mol. The van der Waals surface area contributed by atoms with E-state index < -0.39 is 11.5 Å². The predicted molar refractivity (Wildman–Crippen MR) is 56.6 cm³/mol. The lowest BCUT2D eigenvalue weighted by atomic mass is 9.89. The first-order valence-corrected chi connectivity index (χ1v) is 4.33. The van der Waals surface area contributed by atoms with E-state index in [1.807, 2.05) is 0 Å². The third kappa shape index (κ3) is 1.97. The maximum atomic E-state index is 11.0. The quantitative estimate of drug-likeness (QED) is 0.419. The molecular formula is C10H13N3O2. The zero-order chi connectivity index (χ0) is 11.6. The van der Waals surface area contributed by atoms with Crippen LogP contribution >= 0.6 is 0 Å². The second kappa shape index (κ2) is 3.70. The van der Waals surface area contributed by atoms with E-state index in [-0.39, 0.29) is 5.84 Å². The van der Waals surface area contributed by atoms with Crippen molar-refractivity contribution in [2.75, 3.05) is 0 Å². The summed E-state index contributed by atoms with van der Waals surface area (Å²) in [6.07, 6.45) is 0. The predicted octanol–water partition coefficient (Wildman–Crippen LogP) is 0.229. The second-order valence-corrected chi connectivity index (χ2v) is 3.47. The average molecular weight is 207 g/mol. The fraction of sp³-hybridized carbons (Fsp3) is 0.200. The van der Waals surface area contributed by atoms with Crippen LogP contribution in [0.3, 0.4) is 0 Å². The minimum absolute atomic E-state index is 0.191. The number of nitrogens with one attached hydrogen (secondary N) is 1. The van der Waals surface area contributed by atoms with Gasteiger partial charge < -0.3 is 16.6 Å². The smallest absolute Gasteiger partial charge is 0.328 e. The van der Waals surface area contributed by atoms with Gasteiger partial charge in [-0.3, -0.25) is 5.41 Å². The number of aliphatic carboxylic acids is 1. The first kappa shape index (κ1) is 11.2. The molecule has 1 rings (SSSR count). The van der Waals surface area contributed by atoms with Crippen LogP contribution in [0.2, 0.25) is 0 Å². The number of nitrogens with two attached hydrogens (primary N) is 2. The molecule has 5 nitrogen and oxygen atoms in total. The summed E-state index contributed by atoms with van der Waals surface area (Å²) in [7, 11) is 0. The molecule has 0 saturated heterocycles. The highest BCUT2D eigenvalue weighted by atomic mass is 16.4. The van der Waals surface area contributed by atoms with Crippen LogP contribution in [0.15, 0.2) is 24.3 Å². The number of amidine groups is 1. The third-order valence-corrected chi connectivity index (χ3v) is 2.22. The summed E-state index contributed by atoms with van der Waals surface area (Å²) in [5.41, 5.74) is 10.2. The van der Waals surface area contributed by atoms with Crippen LogP contribution in [0.25, 0.3) is 0 Å². The Labute approximate surface area is 87.2 Å². The Kier molecular flexibility index (Phi) is 2.76. The molecular weight excluding hydrogens is 194 g/mol. The van der Waals surface area contributed by atoms with Crippen molar-refractivity contribution in [1.82, 2.24) is 0 Å². The van der Waals surface area contributed by atoms with Gasteiger partial charge in [-0.05, 0) is 12.5 Å². The summed E-state index contributed by atoms with van der Waals surface area (Å²) in [4.78, 5) is 11.0. The molecule has 0 aromatic heterocycles. The van der Waals surface area contributed by atoms with E-state index in [1.165, 1.54) is 6.92 Å². The summed E-state index contributed by atoms with van der Waals surface area (Å²) in [5.74, 6) is -1.35. The number of carboxylic acids is 1. The topological polar surface area (TPSA) is 113 Å². The molecule has 0 aliphatic heterocycles. The van der Waals surface area contributed by atoms with Crippen molar-refractivity contribution in [1.29, 1.82) is 5.41 Å². The average Bonchev–Trinajstić information content (AvgIpc) is 2.17. The van der Waals surface area contributed by atoms with E-state index in [0.717, 1.165) is 0 Å². The van der Waals surface area contributed by atoms with Gasteiger partial charge >= 0.3 is 5.97 Å². The van der Waals surface area contributed by atoms with Crippen LogP contribution in [-0.4, -0.2) is 16.9 Å². The standard InChI is InChI=1S/C10H13N3O2/c1-10(13,9(14)15)7-5-3-2-4-6(7)8(11)12/h2-5H,13H2,1H3,(H3,11,12)(H,14,15). The van der Waals surface area contributed by atoms with E-state index in [9.17, 15) is 4.79 Å². The molecule has 1 unspecified atom stereocenters. The summed E-state index contributed by atoms with van der Waals surface area (Å²) < 4.78 is 0. The molecule has 1 aromatic carbocycles. The van der Waals surface area contributed by atoms with Crippen molar-refractivity contribution in [2.24, 2.45) is 11.5 Å². The van der Waals surface area contributed by atoms with Gasteiger partial charge in [0.05, 0.1) is 0 Å². The molecule has 80 valence electrons. The van der Waals surface area contributed by atoms with E-state index in [2.05, 4.69) is 0 Å². The molecule has 0 fully saturated rings. The molecule has 0 amide bonds. The van der Waals surface area contributed by atoms with Gasteiger partial charge in [0.2, 0.25) is 0 Å². The number of carboxylic acid groups (broad SMARTS) is 1. The maximum absolute atomic E-state index is 11.0. The molecule has 0 aliphatic rings. The Morgan fingerprint density at radius 2 is 2.00 bits per heavy atom. The largest absolute Gasteiger partial charge is 0.480 e. The van der Waals surface area contributed by atoms with E-state index in [4.69, 9.17) is 22.0 Å². The normalized spacial score (nSPS) is 14.3. The molecule has 15 heavy (non-hydrogen) atoms. The Hall–Kier alpha value is -1.88.